The number of benzene rings is 6. The highest BCUT2D eigenvalue weighted by molar-refractivity contribution is 5.72. The van der Waals surface area contributed by atoms with Gasteiger partial charge in [0, 0.05) is 0 Å². The van der Waals surface area contributed by atoms with Crippen molar-refractivity contribution in [1.82, 2.24) is 4.90 Å². The van der Waals surface area contributed by atoms with Crippen LogP contribution in [0.2, 0.25) is 0 Å². The molecule has 1 heterocycles. The molecule has 6 aromatic carbocycles. The standard InChI is InChI=1S/C48H49N/c1-34(2)36(4)37-12-14-39(15-13-37)41-20-22-43(23-21-41)45-26-30-47(31-27-45)48(49-32-6-5-7-33-49)46-28-24-44(25-29-46)42-18-16-40(17-19-42)38-10-8-35(3)9-11-38/h8-31,34,36,48H,5-7,32-33H2,1-4H3. The minimum Gasteiger partial charge on any atom is -0.292 e. The van der Waals surface area contributed by atoms with Gasteiger partial charge in [0.15, 0.2) is 0 Å². The van der Waals surface area contributed by atoms with Crippen LogP contribution >= 0.6 is 0 Å². The molecule has 1 aliphatic heterocycles. The number of piperidine rings is 1. The van der Waals surface area contributed by atoms with E-state index in [1.165, 1.54) is 86.0 Å². The van der Waals surface area contributed by atoms with Gasteiger partial charge in [0.05, 0.1) is 6.04 Å². The van der Waals surface area contributed by atoms with Crippen LogP contribution in [-0.2, 0) is 0 Å². The van der Waals surface area contributed by atoms with E-state index in [9.17, 15) is 0 Å². The lowest BCUT2D eigenvalue weighted by Gasteiger charge is -2.35. The van der Waals surface area contributed by atoms with Gasteiger partial charge in [-0.15, -0.1) is 0 Å². The van der Waals surface area contributed by atoms with Gasteiger partial charge in [-0.1, -0.05) is 178 Å². The molecule has 1 nitrogen and oxygen atoms in total. The van der Waals surface area contributed by atoms with Crippen molar-refractivity contribution in [2.45, 2.75) is 58.9 Å². The van der Waals surface area contributed by atoms with E-state index in [2.05, 4.69) is 178 Å². The van der Waals surface area contributed by atoms with Crippen molar-refractivity contribution in [3.63, 3.8) is 0 Å². The predicted molar refractivity (Wildman–Crippen MR) is 210 cm³/mol. The first-order valence-corrected chi connectivity index (χ1v) is 18.3. The summed E-state index contributed by atoms with van der Waals surface area (Å²) < 4.78 is 0. The summed E-state index contributed by atoms with van der Waals surface area (Å²) in [5, 5.41) is 0. The van der Waals surface area contributed by atoms with E-state index in [-0.39, 0.29) is 6.04 Å². The van der Waals surface area contributed by atoms with Gasteiger partial charge in [0.25, 0.3) is 0 Å². The van der Waals surface area contributed by atoms with Crippen molar-refractivity contribution in [2.24, 2.45) is 5.92 Å². The highest BCUT2D eigenvalue weighted by atomic mass is 15.2. The number of rotatable bonds is 9. The number of hydrogen-bond acceptors (Lipinski definition) is 1. The molecule has 0 bridgehead atoms. The summed E-state index contributed by atoms with van der Waals surface area (Å²) >= 11 is 0. The van der Waals surface area contributed by atoms with Gasteiger partial charge in [-0.05, 0) is 106 Å². The molecular formula is C48H49N. The summed E-state index contributed by atoms with van der Waals surface area (Å²) in [5.41, 5.74) is 15.5. The quantitative estimate of drug-likeness (QED) is 0.152. The maximum Gasteiger partial charge on any atom is 0.0601 e. The smallest absolute Gasteiger partial charge is 0.0601 e. The van der Waals surface area contributed by atoms with Gasteiger partial charge in [-0.2, -0.15) is 0 Å². The molecular weight excluding hydrogens is 591 g/mol. The van der Waals surface area contributed by atoms with E-state index in [0.29, 0.717) is 11.8 Å². The molecule has 1 saturated heterocycles. The topological polar surface area (TPSA) is 3.24 Å². The normalized spacial score (nSPS) is 14.9. The minimum absolute atomic E-state index is 0.260. The fourth-order valence-corrected chi connectivity index (χ4v) is 7.33. The molecule has 2 atom stereocenters. The highest BCUT2D eigenvalue weighted by Gasteiger charge is 2.24. The van der Waals surface area contributed by atoms with Crippen LogP contribution in [0.5, 0.6) is 0 Å². The molecule has 7 rings (SSSR count). The first-order chi connectivity index (χ1) is 23.9. The summed E-state index contributed by atoms with van der Waals surface area (Å²) in [7, 11) is 0. The Morgan fingerprint density at radius 3 is 0.980 bits per heavy atom. The van der Waals surface area contributed by atoms with Crippen LogP contribution in [0.1, 0.15) is 74.2 Å². The lowest BCUT2D eigenvalue weighted by atomic mass is 9.89. The molecule has 2 unspecified atom stereocenters. The summed E-state index contributed by atoms with van der Waals surface area (Å²) in [6.45, 7) is 11.3. The van der Waals surface area contributed by atoms with Crippen LogP contribution < -0.4 is 0 Å². The fraction of sp³-hybridized carbons (Fsp3) is 0.250. The van der Waals surface area contributed by atoms with E-state index in [1.54, 1.807) is 0 Å². The Morgan fingerprint density at radius 2 is 0.653 bits per heavy atom. The maximum atomic E-state index is 2.69. The summed E-state index contributed by atoms with van der Waals surface area (Å²) in [4.78, 5) is 2.69. The maximum absolute atomic E-state index is 2.69. The number of likely N-dealkylation sites (tertiary alicyclic amines) is 1. The number of hydrogen-bond donors (Lipinski definition) is 0. The first-order valence-electron chi connectivity index (χ1n) is 18.3. The van der Waals surface area contributed by atoms with E-state index < -0.39 is 0 Å². The van der Waals surface area contributed by atoms with Crippen LogP contribution in [0.15, 0.2) is 146 Å². The van der Waals surface area contributed by atoms with E-state index in [1.807, 2.05) is 0 Å². The molecule has 0 aliphatic carbocycles. The van der Waals surface area contributed by atoms with Crippen LogP contribution in [0.4, 0.5) is 0 Å². The number of nitrogens with zero attached hydrogens (tertiary/aromatic N) is 1. The second-order valence-corrected chi connectivity index (χ2v) is 14.4. The molecule has 49 heavy (non-hydrogen) atoms. The molecule has 1 aliphatic rings. The molecule has 0 spiro atoms. The minimum atomic E-state index is 0.260. The lowest BCUT2D eigenvalue weighted by molar-refractivity contribution is 0.187. The Morgan fingerprint density at radius 1 is 0.367 bits per heavy atom. The van der Waals surface area contributed by atoms with E-state index in [0.717, 1.165) is 13.1 Å². The molecule has 0 radical (unpaired) electrons. The molecule has 0 saturated carbocycles. The van der Waals surface area contributed by atoms with Crippen molar-refractivity contribution in [3.8, 4) is 44.5 Å². The monoisotopic (exact) mass is 639 g/mol. The average molecular weight is 640 g/mol. The Labute approximate surface area is 294 Å². The molecule has 1 fully saturated rings. The van der Waals surface area contributed by atoms with Gasteiger partial charge >= 0.3 is 0 Å². The highest BCUT2D eigenvalue weighted by Crippen LogP contribution is 2.35. The molecule has 1 heteroatoms. The van der Waals surface area contributed by atoms with Crippen molar-refractivity contribution in [1.29, 1.82) is 0 Å². The van der Waals surface area contributed by atoms with Crippen molar-refractivity contribution >= 4 is 0 Å². The van der Waals surface area contributed by atoms with Crippen LogP contribution in [0, 0.1) is 12.8 Å². The lowest BCUT2D eigenvalue weighted by Crippen LogP contribution is -2.34. The Balaban J connectivity index is 1.09. The third kappa shape index (κ3) is 7.48. The van der Waals surface area contributed by atoms with Gasteiger partial charge in [0.1, 0.15) is 0 Å². The summed E-state index contributed by atoms with van der Waals surface area (Å²) in [6, 6.07) is 54.9. The Bertz CT molecular complexity index is 1920. The average Bonchev–Trinajstić information content (AvgIpc) is 3.16. The zero-order chi connectivity index (χ0) is 33.7. The van der Waals surface area contributed by atoms with Crippen molar-refractivity contribution in [3.05, 3.63) is 168 Å². The largest absolute Gasteiger partial charge is 0.292 e. The van der Waals surface area contributed by atoms with E-state index >= 15 is 0 Å². The Hall–Kier alpha value is -4.72. The summed E-state index contributed by atoms with van der Waals surface area (Å²) in [6.07, 6.45) is 3.87. The van der Waals surface area contributed by atoms with Gasteiger partial charge < -0.3 is 0 Å². The van der Waals surface area contributed by atoms with Crippen LogP contribution in [-0.4, -0.2) is 18.0 Å². The molecule has 246 valence electrons. The third-order valence-electron chi connectivity index (χ3n) is 10.8. The third-order valence-corrected chi connectivity index (χ3v) is 10.8. The van der Waals surface area contributed by atoms with Gasteiger partial charge in [0.2, 0.25) is 0 Å². The van der Waals surface area contributed by atoms with Gasteiger partial charge in [-0.25, -0.2) is 0 Å². The molecule has 0 aromatic heterocycles. The second kappa shape index (κ2) is 14.8. The summed E-state index contributed by atoms with van der Waals surface area (Å²) in [5.74, 6) is 1.22. The zero-order valence-corrected chi connectivity index (χ0v) is 29.6. The van der Waals surface area contributed by atoms with Gasteiger partial charge in [-0.3, -0.25) is 4.90 Å². The van der Waals surface area contributed by atoms with E-state index in [4.69, 9.17) is 0 Å². The molecule has 6 aromatic rings. The second-order valence-electron chi connectivity index (χ2n) is 14.4. The Kier molecular flexibility index (Phi) is 9.92. The molecule has 0 amide bonds. The van der Waals surface area contributed by atoms with Crippen LogP contribution in [0.25, 0.3) is 44.5 Å². The van der Waals surface area contributed by atoms with Crippen molar-refractivity contribution in [2.75, 3.05) is 13.1 Å². The molecule has 0 N–H and O–H groups in total. The SMILES string of the molecule is Cc1ccc(-c2ccc(-c3ccc(C(c4ccc(-c5ccc(-c6ccc(C(C)C(C)C)cc6)cc5)cc4)N4CCCCC4)cc3)cc2)cc1. The predicted octanol–water partition coefficient (Wildman–Crippen LogP) is 13.0. The first kappa shape index (κ1) is 32.8. The zero-order valence-electron chi connectivity index (χ0n) is 29.6. The van der Waals surface area contributed by atoms with Crippen LogP contribution in [0.3, 0.4) is 0 Å². The van der Waals surface area contributed by atoms with Crippen molar-refractivity contribution < 1.29 is 0 Å². The fourth-order valence-electron chi connectivity index (χ4n) is 7.33. The number of aryl methyl sites for hydroxylation is 1.